The number of fused-ring (bicyclic) bond motifs is 1. The number of hydrogen-bond acceptors (Lipinski definition) is 3. The first kappa shape index (κ1) is 14.8. The summed E-state index contributed by atoms with van der Waals surface area (Å²) in [5, 5.41) is 3.65. The Hall–Kier alpha value is -2.17. The molecule has 0 unspecified atom stereocenters. The van der Waals surface area contributed by atoms with E-state index in [4.69, 9.17) is 0 Å². The monoisotopic (exact) mass is 299 g/mol. The molecule has 0 atom stereocenters. The van der Waals surface area contributed by atoms with Crippen molar-refractivity contribution in [2.24, 2.45) is 0 Å². The summed E-state index contributed by atoms with van der Waals surface area (Å²) in [6.45, 7) is 0.654. The highest BCUT2D eigenvalue weighted by Crippen LogP contribution is 2.18. The van der Waals surface area contributed by atoms with Gasteiger partial charge in [-0.15, -0.1) is 0 Å². The third kappa shape index (κ3) is 3.72. The van der Waals surface area contributed by atoms with Gasteiger partial charge in [-0.25, -0.2) is 4.98 Å². The van der Waals surface area contributed by atoms with Crippen LogP contribution < -0.4 is 10.9 Å². The van der Waals surface area contributed by atoms with E-state index in [0.29, 0.717) is 24.4 Å². The maximum atomic E-state index is 12.3. The third-order valence-corrected chi connectivity index (χ3v) is 3.98. The van der Waals surface area contributed by atoms with Crippen molar-refractivity contribution in [1.82, 2.24) is 14.9 Å². The van der Waals surface area contributed by atoms with Crippen molar-refractivity contribution in [2.75, 3.05) is 0 Å². The Balaban J connectivity index is 1.46. The molecule has 5 nitrogen and oxygen atoms in total. The number of carbonyl (C=O) groups is 1. The van der Waals surface area contributed by atoms with Crippen molar-refractivity contribution < 1.29 is 4.79 Å². The van der Waals surface area contributed by atoms with Gasteiger partial charge in [0.15, 0.2) is 0 Å². The number of nitrogens with zero attached hydrogens (tertiary/aromatic N) is 2. The van der Waals surface area contributed by atoms with Crippen molar-refractivity contribution in [3.05, 3.63) is 40.9 Å². The topological polar surface area (TPSA) is 64.0 Å². The van der Waals surface area contributed by atoms with Crippen LogP contribution in [0.1, 0.15) is 38.5 Å². The number of amides is 1. The highest BCUT2D eigenvalue weighted by Gasteiger charge is 2.22. The van der Waals surface area contributed by atoms with Crippen molar-refractivity contribution in [2.45, 2.75) is 51.1 Å². The largest absolute Gasteiger partial charge is 0.353 e. The van der Waals surface area contributed by atoms with E-state index in [1.165, 1.54) is 0 Å². The lowest BCUT2D eigenvalue weighted by Gasteiger charge is -2.07. The van der Waals surface area contributed by atoms with Gasteiger partial charge in [0.1, 0.15) is 0 Å². The van der Waals surface area contributed by atoms with Gasteiger partial charge in [0.05, 0.1) is 17.2 Å². The summed E-state index contributed by atoms with van der Waals surface area (Å²) in [5.74, 6) is 0.159. The second kappa shape index (κ2) is 6.73. The lowest BCUT2D eigenvalue weighted by atomic mass is 10.2. The molecule has 2 aromatic rings. The molecule has 1 N–H and O–H groups in total. The zero-order chi connectivity index (χ0) is 15.4. The van der Waals surface area contributed by atoms with E-state index < -0.39 is 0 Å². The van der Waals surface area contributed by atoms with E-state index in [1.54, 1.807) is 10.9 Å². The minimum Gasteiger partial charge on any atom is -0.353 e. The Morgan fingerprint density at radius 3 is 2.86 bits per heavy atom. The Bertz CT molecular complexity index is 719. The van der Waals surface area contributed by atoms with Crippen molar-refractivity contribution in [3.8, 4) is 0 Å². The zero-order valence-electron chi connectivity index (χ0n) is 12.6. The van der Waals surface area contributed by atoms with Crippen LogP contribution in [0.25, 0.3) is 10.9 Å². The summed E-state index contributed by atoms with van der Waals surface area (Å²) in [6, 6.07) is 7.83. The third-order valence-electron chi connectivity index (χ3n) is 3.98. The second-order valence-corrected chi connectivity index (χ2v) is 5.91. The number of hydrogen-bond donors (Lipinski definition) is 1. The summed E-state index contributed by atoms with van der Waals surface area (Å²) >= 11 is 0. The van der Waals surface area contributed by atoms with Crippen LogP contribution >= 0.6 is 0 Å². The first-order chi connectivity index (χ1) is 10.7. The van der Waals surface area contributed by atoms with Crippen molar-refractivity contribution in [3.63, 3.8) is 0 Å². The van der Waals surface area contributed by atoms with Crippen molar-refractivity contribution >= 4 is 16.8 Å². The number of nitrogens with one attached hydrogen (secondary N) is 1. The van der Waals surface area contributed by atoms with Crippen LogP contribution in [0.5, 0.6) is 0 Å². The van der Waals surface area contributed by atoms with Gasteiger partial charge in [-0.2, -0.15) is 0 Å². The molecule has 0 bridgehead atoms. The van der Waals surface area contributed by atoms with Gasteiger partial charge in [0.25, 0.3) is 5.56 Å². The fraction of sp³-hybridized carbons (Fsp3) is 0.471. The number of unbranched alkanes of at least 4 members (excludes halogenated alkanes) is 2. The fourth-order valence-electron chi connectivity index (χ4n) is 2.54. The molecule has 1 aliphatic carbocycles. The highest BCUT2D eigenvalue weighted by atomic mass is 16.1. The fourth-order valence-corrected chi connectivity index (χ4v) is 2.54. The average molecular weight is 299 g/mol. The normalized spacial score (nSPS) is 14.2. The Morgan fingerprint density at radius 2 is 2.05 bits per heavy atom. The SMILES string of the molecule is O=C(CCCCCn1cnc2ccccc2c1=O)NC1CC1. The zero-order valence-corrected chi connectivity index (χ0v) is 12.6. The molecule has 1 heterocycles. The lowest BCUT2D eigenvalue weighted by Crippen LogP contribution is -2.25. The van der Waals surface area contributed by atoms with Crippen LogP contribution in [-0.4, -0.2) is 21.5 Å². The molecule has 1 aliphatic rings. The molecule has 1 aromatic carbocycles. The predicted molar refractivity (Wildman–Crippen MR) is 85.6 cm³/mol. The van der Waals surface area contributed by atoms with Gasteiger partial charge in [-0.05, 0) is 37.8 Å². The molecule has 1 amide bonds. The Kier molecular flexibility index (Phi) is 4.51. The number of para-hydroxylation sites is 1. The molecule has 5 heteroatoms. The first-order valence-corrected chi connectivity index (χ1v) is 7.97. The van der Waals surface area contributed by atoms with Gasteiger partial charge >= 0.3 is 0 Å². The molecule has 0 spiro atoms. The van der Waals surface area contributed by atoms with Gasteiger partial charge in [0, 0.05) is 19.0 Å². The standard InChI is InChI=1S/C17H21N3O2/c21-16(19-13-9-10-13)8-2-1-5-11-20-12-18-15-7-4-3-6-14(15)17(20)22/h3-4,6-7,12-13H,1-2,5,8-11H2,(H,19,21). The van der Waals surface area contributed by atoms with Crippen LogP contribution in [0.3, 0.4) is 0 Å². The number of rotatable bonds is 7. The molecule has 1 fully saturated rings. The maximum absolute atomic E-state index is 12.3. The predicted octanol–water partition coefficient (Wildman–Crippen LogP) is 2.24. The van der Waals surface area contributed by atoms with Crippen LogP contribution in [0.2, 0.25) is 0 Å². The Morgan fingerprint density at radius 1 is 1.23 bits per heavy atom. The van der Waals surface area contributed by atoms with Crippen LogP contribution in [0, 0.1) is 0 Å². The lowest BCUT2D eigenvalue weighted by molar-refractivity contribution is -0.121. The van der Waals surface area contributed by atoms with Gasteiger partial charge in [-0.1, -0.05) is 18.6 Å². The van der Waals surface area contributed by atoms with Gasteiger partial charge < -0.3 is 5.32 Å². The highest BCUT2D eigenvalue weighted by molar-refractivity contribution is 5.77. The van der Waals surface area contributed by atoms with E-state index in [9.17, 15) is 9.59 Å². The smallest absolute Gasteiger partial charge is 0.261 e. The van der Waals surface area contributed by atoms with Crippen LogP contribution in [0.15, 0.2) is 35.4 Å². The molecular weight excluding hydrogens is 278 g/mol. The summed E-state index contributed by atoms with van der Waals surface area (Å²) in [4.78, 5) is 28.1. The van der Waals surface area contributed by atoms with Crippen LogP contribution in [0.4, 0.5) is 0 Å². The van der Waals surface area contributed by atoms with E-state index in [2.05, 4.69) is 10.3 Å². The second-order valence-electron chi connectivity index (χ2n) is 5.91. The van der Waals surface area contributed by atoms with Gasteiger partial charge in [-0.3, -0.25) is 14.2 Å². The number of aromatic nitrogens is 2. The summed E-state index contributed by atoms with van der Waals surface area (Å²) in [7, 11) is 0. The molecule has 0 radical (unpaired) electrons. The van der Waals surface area contributed by atoms with E-state index in [0.717, 1.165) is 37.6 Å². The van der Waals surface area contributed by atoms with E-state index in [-0.39, 0.29) is 11.5 Å². The molecular formula is C17H21N3O2. The Labute approximate surface area is 129 Å². The van der Waals surface area contributed by atoms with E-state index in [1.807, 2.05) is 24.3 Å². The maximum Gasteiger partial charge on any atom is 0.261 e. The minimum atomic E-state index is 0.0112. The van der Waals surface area contributed by atoms with Gasteiger partial charge in [0.2, 0.25) is 5.91 Å². The summed E-state index contributed by atoms with van der Waals surface area (Å²) in [5.41, 5.74) is 0.748. The minimum absolute atomic E-state index is 0.0112. The number of carbonyl (C=O) groups excluding carboxylic acids is 1. The molecule has 3 rings (SSSR count). The molecule has 116 valence electrons. The van der Waals surface area contributed by atoms with Crippen molar-refractivity contribution in [1.29, 1.82) is 0 Å². The van der Waals surface area contributed by atoms with E-state index >= 15 is 0 Å². The first-order valence-electron chi connectivity index (χ1n) is 7.97. The molecule has 22 heavy (non-hydrogen) atoms. The van der Waals surface area contributed by atoms with Crippen LogP contribution in [-0.2, 0) is 11.3 Å². The summed E-state index contributed by atoms with van der Waals surface area (Å²) in [6.07, 6.45) is 7.15. The number of benzene rings is 1. The molecule has 0 saturated heterocycles. The molecule has 1 saturated carbocycles. The number of aryl methyl sites for hydroxylation is 1. The molecule has 0 aliphatic heterocycles. The molecule has 1 aromatic heterocycles. The quantitative estimate of drug-likeness (QED) is 0.797. The average Bonchev–Trinajstić information content (AvgIpc) is 3.33. The summed E-state index contributed by atoms with van der Waals surface area (Å²) < 4.78 is 1.66.